The van der Waals surface area contributed by atoms with E-state index in [1.54, 1.807) is 7.11 Å². The van der Waals surface area contributed by atoms with E-state index >= 15 is 0 Å². The molecule has 1 aromatic carbocycles. The van der Waals surface area contributed by atoms with Crippen LogP contribution < -0.4 is 15.4 Å². The summed E-state index contributed by atoms with van der Waals surface area (Å²) in [5.74, 6) is 1.79. The number of ether oxygens (including phenoxy) is 2. The normalized spacial score (nSPS) is 17.4. The Balaban J connectivity index is 1.77. The van der Waals surface area contributed by atoms with Crippen LogP contribution in [0, 0.1) is 6.92 Å². The molecule has 6 heteroatoms. The second kappa shape index (κ2) is 12.6. The summed E-state index contributed by atoms with van der Waals surface area (Å²) in [4.78, 5) is 7.27. The minimum Gasteiger partial charge on any atom is -0.489 e. The van der Waals surface area contributed by atoms with Crippen molar-refractivity contribution in [3.63, 3.8) is 0 Å². The first-order chi connectivity index (χ1) is 13.6. The van der Waals surface area contributed by atoms with E-state index in [-0.39, 0.29) is 6.10 Å². The van der Waals surface area contributed by atoms with Crippen molar-refractivity contribution in [1.29, 1.82) is 0 Å². The number of piperidine rings is 1. The van der Waals surface area contributed by atoms with Crippen LogP contribution in [0.25, 0.3) is 0 Å². The first kappa shape index (κ1) is 22.5. The molecular weight excluding hydrogens is 352 g/mol. The Morgan fingerprint density at radius 2 is 2.11 bits per heavy atom. The molecule has 1 aliphatic heterocycles. The Bertz CT molecular complexity index is 586. The molecule has 0 radical (unpaired) electrons. The number of hydrogen-bond acceptors (Lipinski definition) is 4. The van der Waals surface area contributed by atoms with Gasteiger partial charge in [-0.15, -0.1) is 0 Å². The highest BCUT2D eigenvalue weighted by atomic mass is 16.5. The van der Waals surface area contributed by atoms with E-state index in [0.717, 1.165) is 63.8 Å². The zero-order chi connectivity index (χ0) is 20.2. The highest BCUT2D eigenvalue weighted by Crippen LogP contribution is 2.14. The van der Waals surface area contributed by atoms with Crippen LogP contribution in [0.3, 0.4) is 0 Å². The van der Waals surface area contributed by atoms with Crippen molar-refractivity contribution in [3.8, 4) is 5.75 Å². The number of guanidine groups is 1. The molecule has 0 aliphatic carbocycles. The van der Waals surface area contributed by atoms with Gasteiger partial charge in [-0.2, -0.15) is 0 Å². The predicted octanol–water partition coefficient (Wildman–Crippen LogP) is 2.82. The maximum atomic E-state index is 5.99. The van der Waals surface area contributed by atoms with Gasteiger partial charge in [0.1, 0.15) is 11.9 Å². The molecule has 1 heterocycles. The van der Waals surface area contributed by atoms with Gasteiger partial charge in [-0.05, 0) is 57.7 Å². The van der Waals surface area contributed by atoms with Gasteiger partial charge < -0.3 is 25.0 Å². The number of rotatable bonds is 10. The van der Waals surface area contributed by atoms with Crippen molar-refractivity contribution in [3.05, 3.63) is 29.8 Å². The van der Waals surface area contributed by atoms with Crippen molar-refractivity contribution in [2.24, 2.45) is 4.99 Å². The Morgan fingerprint density at radius 1 is 1.32 bits per heavy atom. The summed E-state index contributed by atoms with van der Waals surface area (Å²) in [5.41, 5.74) is 1.21. The Kier molecular flexibility index (Phi) is 10.1. The molecular formula is C22H38N4O2. The van der Waals surface area contributed by atoms with Crippen molar-refractivity contribution in [1.82, 2.24) is 15.5 Å². The molecule has 0 spiro atoms. The lowest BCUT2D eigenvalue weighted by Gasteiger charge is -2.33. The van der Waals surface area contributed by atoms with Crippen LogP contribution in [0.15, 0.2) is 29.3 Å². The van der Waals surface area contributed by atoms with E-state index in [1.165, 1.54) is 5.56 Å². The van der Waals surface area contributed by atoms with Crippen LogP contribution in [-0.4, -0.2) is 69.4 Å². The number of nitrogens with one attached hydrogen (secondary N) is 2. The van der Waals surface area contributed by atoms with Crippen molar-refractivity contribution in [2.45, 2.75) is 52.2 Å². The molecule has 6 nitrogen and oxygen atoms in total. The van der Waals surface area contributed by atoms with Gasteiger partial charge >= 0.3 is 0 Å². The maximum absolute atomic E-state index is 5.99. The number of nitrogens with zero attached hydrogens (tertiary/aromatic N) is 2. The largest absolute Gasteiger partial charge is 0.489 e. The molecule has 2 N–H and O–H groups in total. The highest BCUT2D eigenvalue weighted by molar-refractivity contribution is 5.80. The molecule has 158 valence electrons. The first-order valence-electron chi connectivity index (χ1n) is 10.6. The molecule has 0 bridgehead atoms. The molecule has 1 aliphatic rings. The number of methoxy groups -OCH3 is 1. The second-order valence-corrected chi connectivity index (χ2v) is 7.57. The van der Waals surface area contributed by atoms with Gasteiger partial charge in [0.15, 0.2) is 5.96 Å². The van der Waals surface area contributed by atoms with Gasteiger partial charge in [0.25, 0.3) is 0 Å². The monoisotopic (exact) mass is 390 g/mol. The van der Waals surface area contributed by atoms with Crippen LogP contribution in [0.4, 0.5) is 0 Å². The highest BCUT2D eigenvalue weighted by Gasteiger charge is 2.19. The third-order valence-electron chi connectivity index (χ3n) is 4.93. The minimum atomic E-state index is 0.0277. The van der Waals surface area contributed by atoms with Crippen molar-refractivity contribution >= 4 is 5.96 Å². The average molecular weight is 391 g/mol. The molecule has 1 unspecified atom stereocenters. The molecule has 1 fully saturated rings. The molecule has 1 saturated heterocycles. The fourth-order valence-electron chi connectivity index (χ4n) is 3.42. The number of likely N-dealkylation sites (tertiary alicyclic amines) is 1. The fraction of sp³-hybridized carbons (Fsp3) is 0.682. The minimum absolute atomic E-state index is 0.0277. The summed E-state index contributed by atoms with van der Waals surface area (Å²) in [6, 6.07) is 8.63. The third kappa shape index (κ3) is 8.48. The zero-order valence-electron chi connectivity index (χ0n) is 18.0. The van der Waals surface area contributed by atoms with E-state index in [0.29, 0.717) is 12.6 Å². The smallest absolute Gasteiger partial charge is 0.191 e. The summed E-state index contributed by atoms with van der Waals surface area (Å²) >= 11 is 0. The van der Waals surface area contributed by atoms with E-state index in [9.17, 15) is 0 Å². The summed E-state index contributed by atoms with van der Waals surface area (Å²) in [7, 11) is 1.77. The summed E-state index contributed by atoms with van der Waals surface area (Å²) in [6.07, 6.45) is 3.43. The quantitative estimate of drug-likeness (QED) is 0.365. The van der Waals surface area contributed by atoms with Crippen LogP contribution in [-0.2, 0) is 4.74 Å². The van der Waals surface area contributed by atoms with Gasteiger partial charge in [-0.1, -0.05) is 12.1 Å². The SMILES string of the molecule is CCNC(=NCC(C)Oc1cccc(C)c1)NC1CCN(CCCOC)CC1. The molecule has 0 amide bonds. The topological polar surface area (TPSA) is 58.1 Å². The van der Waals surface area contributed by atoms with E-state index < -0.39 is 0 Å². The summed E-state index contributed by atoms with van der Waals surface area (Å²) in [5, 5.41) is 6.97. The Labute approximate surface area is 170 Å². The molecule has 0 saturated carbocycles. The lowest BCUT2D eigenvalue weighted by Crippen LogP contribution is -2.49. The average Bonchev–Trinajstić information content (AvgIpc) is 2.68. The first-order valence-corrected chi connectivity index (χ1v) is 10.6. The number of benzene rings is 1. The van der Waals surface area contributed by atoms with Crippen molar-refractivity contribution in [2.75, 3.05) is 46.4 Å². The van der Waals surface area contributed by atoms with E-state index in [1.807, 2.05) is 12.1 Å². The van der Waals surface area contributed by atoms with E-state index in [4.69, 9.17) is 14.5 Å². The lowest BCUT2D eigenvalue weighted by atomic mass is 10.1. The molecule has 1 aromatic rings. The second-order valence-electron chi connectivity index (χ2n) is 7.57. The summed E-state index contributed by atoms with van der Waals surface area (Å²) in [6.45, 7) is 12.0. The zero-order valence-corrected chi connectivity index (χ0v) is 18.0. The van der Waals surface area contributed by atoms with E-state index in [2.05, 4.69) is 48.4 Å². The predicted molar refractivity (Wildman–Crippen MR) is 116 cm³/mol. The Morgan fingerprint density at radius 3 is 2.79 bits per heavy atom. The fourth-order valence-corrected chi connectivity index (χ4v) is 3.42. The van der Waals surface area contributed by atoms with Crippen molar-refractivity contribution < 1.29 is 9.47 Å². The third-order valence-corrected chi connectivity index (χ3v) is 4.93. The maximum Gasteiger partial charge on any atom is 0.191 e. The molecule has 1 atom stereocenters. The van der Waals surface area contributed by atoms with Crippen LogP contribution in [0.1, 0.15) is 38.7 Å². The molecule has 0 aromatic heterocycles. The molecule has 28 heavy (non-hydrogen) atoms. The van der Waals surface area contributed by atoms with Gasteiger partial charge in [-0.3, -0.25) is 0 Å². The number of aryl methyl sites for hydroxylation is 1. The van der Waals surface area contributed by atoms with Crippen LogP contribution in [0.5, 0.6) is 5.75 Å². The summed E-state index contributed by atoms with van der Waals surface area (Å²) < 4.78 is 11.1. The molecule has 2 rings (SSSR count). The van der Waals surface area contributed by atoms with Gasteiger partial charge in [0.2, 0.25) is 0 Å². The van der Waals surface area contributed by atoms with Gasteiger partial charge in [-0.25, -0.2) is 4.99 Å². The standard InChI is InChI=1S/C22H38N4O2/c1-5-23-22(24-17-19(3)28-21-9-6-8-18(2)16-21)25-20-10-13-26(14-11-20)12-7-15-27-4/h6,8-9,16,19-20H,5,7,10-15,17H2,1-4H3,(H2,23,24,25). The van der Waals surface area contributed by atoms with Crippen LogP contribution in [0.2, 0.25) is 0 Å². The van der Waals surface area contributed by atoms with Crippen LogP contribution >= 0.6 is 0 Å². The Hall–Kier alpha value is -1.79. The number of aliphatic imine (C=N–C) groups is 1. The lowest BCUT2D eigenvalue weighted by molar-refractivity contribution is 0.155. The van der Waals surface area contributed by atoms with Gasteiger partial charge in [0.05, 0.1) is 6.54 Å². The number of hydrogen-bond donors (Lipinski definition) is 2. The van der Waals surface area contributed by atoms with Gasteiger partial charge in [0, 0.05) is 45.9 Å².